The molecule has 3 rings (SSSR count). The Kier molecular flexibility index (Phi) is 4.79. The number of aryl methyl sites for hydroxylation is 2. The van der Waals surface area contributed by atoms with Crippen molar-refractivity contribution in [2.24, 2.45) is 0 Å². The van der Waals surface area contributed by atoms with Crippen LogP contribution in [0.3, 0.4) is 0 Å². The van der Waals surface area contributed by atoms with Crippen molar-refractivity contribution in [2.45, 2.75) is 38.8 Å². The lowest BCUT2D eigenvalue weighted by atomic mass is 9.87. The van der Waals surface area contributed by atoms with E-state index >= 15 is 0 Å². The second-order valence-electron chi connectivity index (χ2n) is 6.42. The Morgan fingerprint density at radius 1 is 1.38 bits per heavy atom. The van der Waals surface area contributed by atoms with Crippen molar-refractivity contribution in [1.82, 2.24) is 15.2 Å². The van der Waals surface area contributed by atoms with E-state index in [2.05, 4.69) is 10.3 Å². The molecule has 1 heterocycles. The fourth-order valence-corrected chi connectivity index (χ4v) is 3.09. The van der Waals surface area contributed by atoms with E-state index in [-0.39, 0.29) is 17.9 Å². The minimum atomic E-state index is -0.257. The molecule has 1 atom stereocenters. The largest absolute Gasteiger partial charge is 0.331 e. The average Bonchev–Trinajstić information content (AvgIpc) is 2.57. The van der Waals surface area contributed by atoms with Gasteiger partial charge >= 0.3 is 6.03 Å². The summed E-state index contributed by atoms with van der Waals surface area (Å²) in [5, 5.41) is 3.03. The number of carbonyl (C=O) groups is 1. The Bertz CT molecular complexity index is 730. The Morgan fingerprint density at radius 3 is 2.96 bits per heavy atom. The number of urea groups is 1. The van der Waals surface area contributed by atoms with Crippen molar-refractivity contribution in [3.63, 3.8) is 0 Å². The number of halogens is 1. The summed E-state index contributed by atoms with van der Waals surface area (Å²) in [7, 11) is 1.74. The standard InChI is InChI=1S/C19H22FN3O/c1-13-6-9-16(21-11-13)12-23(2)19(24)22-18-5-3-4-14-7-8-15(20)10-17(14)18/h6-11,18H,3-5,12H2,1-2H3,(H,22,24)/t18-/m0/s1. The van der Waals surface area contributed by atoms with Crippen LogP contribution < -0.4 is 5.32 Å². The summed E-state index contributed by atoms with van der Waals surface area (Å²) in [5.74, 6) is -0.257. The Labute approximate surface area is 141 Å². The van der Waals surface area contributed by atoms with E-state index in [9.17, 15) is 9.18 Å². The SMILES string of the molecule is Cc1ccc(CN(C)C(=O)N[C@H]2CCCc3ccc(F)cc32)nc1. The number of pyridine rings is 1. The molecule has 0 saturated heterocycles. The molecule has 1 aliphatic rings. The number of benzene rings is 1. The predicted molar refractivity (Wildman–Crippen MR) is 91.1 cm³/mol. The fourth-order valence-electron chi connectivity index (χ4n) is 3.09. The van der Waals surface area contributed by atoms with E-state index in [0.29, 0.717) is 6.54 Å². The van der Waals surface area contributed by atoms with Crippen LogP contribution in [0.4, 0.5) is 9.18 Å². The number of amides is 2. The second-order valence-corrected chi connectivity index (χ2v) is 6.42. The first-order valence-corrected chi connectivity index (χ1v) is 8.24. The molecule has 4 nitrogen and oxygen atoms in total. The van der Waals surface area contributed by atoms with Crippen molar-refractivity contribution in [2.75, 3.05) is 7.05 Å². The van der Waals surface area contributed by atoms with Crippen molar-refractivity contribution < 1.29 is 9.18 Å². The molecule has 126 valence electrons. The van der Waals surface area contributed by atoms with E-state index in [4.69, 9.17) is 0 Å². The molecule has 1 aromatic heterocycles. The third-order valence-electron chi connectivity index (χ3n) is 4.44. The predicted octanol–water partition coefficient (Wildman–Crippen LogP) is 3.75. The zero-order valence-electron chi connectivity index (χ0n) is 14.1. The molecule has 2 aromatic rings. The normalized spacial score (nSPS) is 16.4. The fraction of sp³-hybridized carbons (Fsp3) is 0.368. The highest BCUT2D eigenvalue weighted by Gasteiger charge is 2.23. The summed E-state index contributed by atoms with van der Waals surface area (Å²) in [4.78, 5) is 18.4. The molecule has 24 heavy (non-hydrogen) atoms. The molecule has 1 aromatic carbocycles. The number of carbonyl (C=O) groups excluding carboxylic acids is 1. The smallest absolute Gasteiger partial charge is 0.317 e. The Balaban J connectivity index is 1.67. The summed E-state index contributed by atoms with van der Waals surface area (Å²) in [6.45, 7) is 2.42. The number of rotatable bonds is 3. The molecule has 1 N–H and O–H groups in total. The molecule has 0 fully saturated rings. The summed E-state index contributed by atoms with van der Waals surface area (Å²) in [6.07, 6.45) is 4.55. The number of nitrogens with zero attached hydrogens (tertiary/aromatic N) is 2. The molecule has 0 aliphatic heterocycles. The highest BCUT2D eigenvalue weighted by atomic mass is 19.1. The summed E-state index contributed by atoms with van der Waals surface area (Å²) >= 11 is 0. The van der Waals surface area contributed by atoms with Crippen molar-refractivity contribution in [3.05, 3.63) is 64.7 Å². The molecule has 0 radical (unpaired) electrons. The van der Waals surface area contributed by atoms with Crippen molar-refractivity contribution in [1.29, 1.82) is 0 Å². The van der Waals surface area contributed by atoms with Gasteiger partial charge in [0.25, 0.3) is 0 Å². The monoisotopic (exact) mass is 327 g/mol. The van der Waals surface area contributed by atoms with Gasteiger partial charge in [0, 0.05) is 13.2 Å². The van der Waals surface area contributed by atoms with Gasteiger partial charge in [0.15, 0.2) is 0 Å². The quantitative estimate of drug-likeness (QED) is 0.933. The van der Waals surface area contributed by atoms with Gasteiger partial charge in [0.2, 0.25) is 0 Å². The van der Waals surface area contributed by atoms with Crippen LogP contribution in [0.2, 0.25) is 0 Å². The molecule has 0 spiro atoms. The minimum Gasteiger partial charge on any atom is -0.331 e. The van der Waals surface area contributed by atoms with Crippen LogP contribution >= 0.6 is 0 Å². The summed E-state index contributed by atoms with van der Waals surface area (Å²) < 4.78 is 13.6. The third kappa shape index (κ3) is 3.72. The average molecular weight is 327 g/mol. The van der Waals surface area contributed by atoms with Crippen LogP contribution in [-0.2, 0) is 13.0 Å². The highest BCUT2D eigenvalue weighted by Crippen LogP contribution is 2.30. The third-order valence-corrected chi connectivity index (χ3v) is 4.44. The van der Waals surface area contributed by atoms with E-state index in [1.165, 1.54) is 6.07 Å². The van der Waals surface area contributed by atoms with Gasteiger partial charge in [-0.05, 0) is 61.1 Å². The molecule has 0 unspecified atom stereocenters. The van der Waals surface area contributed by atoms with Gasteiger partial charge in [-0.25, -0.2) is 9.18 Å². The van der Waals surface area contributed by atoms with Gasteiger partial charge in [0.1, 0.15) is 5.82 Å². The van der Waals surface area contributed by atoms with Crippen LogP contribution in [0.25, 0.3) is 0 Å². The first-order valence-electron chi connectivity index (χ1n) is 8.24. The van der Waals surface area contributed by atoms with E-state index in [1.807, 2.05) is 25.1 Å². The lowest BCUT2D eigenvalue weighted by Crippen LogP contribution is -2.40. The minimum absolute atomic E-state index is 0.134. The first-order chi connectivity index (χ1) is 11.5. The van der Waals surface area contributed by atoms with Gasteiger partial charge in [-0.15, -0.1) is 0 Å². The Morgan fingerprint density at radius 2 is 2.21 bits per heavy atom. The van der Waals surface area contributed by atoms with Crippen LogP contribution in [0.1, 0.15) is 41.3 Å². The Hall–Kier alpha value is -2.43. The molecule has 5 heteroatoms. The van der Waals surface area contributed by atoms with Gasteiger partial charge < -0.3 is 10.2 Å². The lowest BCUT2D eigenvalue weighted by Gasteiger charge is -2.28. The van der Waals surface area contributed by atoms with Crippen molar-refractivity contribution >= 4 is 6.03 Å². The second kappa shape index (κ2) is 6.99. The van der Waals surface area contributed by atoms with Gasteiger partial charge in [0.05, 0.1) is 18.3 Å². The molecular weight excluding hydrogens is 305 g/mol. The van der Waals surface area contributed by atoms with E-state index in [0.717, 1.165) is 41.6 Å². The molecular formula is C19H22FN3O. The number of nitrogens with one attached hydrogen (secondary N) is 1. The van der Waals surface area contributed by atoms with Crippen LogP contribution in [-0.4, -0.2) is 23.0 Å². The zero-order valence-corrected chi connectivity index (χ0v) is 14.1. The number of hydrogen-bond donors (Lipinski definition) is 1. The topological polar surface area (TPSA) is 45.2 Å². The molecule has 2 amide bonds. The zero-order chi connectivity index (χ0) is 17.1. The van der Waals surface area contributed by atoms with E-state index < -0.39 is 0 Å². The summed E-state index contributed by atoms with van der Waals surface area (Å²) in [6, 6.07) is 8.45. The van der Waals surface area contributed by atoms with Gasteiger partial charge in [-0.1, -0.05) is 12.1 Å². The first kappa shape index (κ1) is 16.4. The van der Waals surface area contributed by atoms with E-state index in [1.54, 1.807) is 24.2 Å². The summed E-state index contributed by atoms with van der Waals surface area (Å²) in [5.41, 5.74) is 3.95. The van der Waals surface area contributed by atoms with Crippen LogP contribution in [0, 0.1) is 12.7 Å². The van der Waals surface area contributed by atoms with Crippen LogP contribution in [0.5, 0.6) is 0 Å². The molecule has 0 bridgehead atoms. The highest BCUT2D eigenvalue weighted by molar-refractivity contribution is 5.74. The van der Waals surface area contributed by atoms with Crippen molar-refractivity contribution in [3.8, 4) is 0 Å². The maximum atomic E-state index is 13.6. The van der Waals surface area contributed by atoms with Crippen LogP contribution in [0.15, 0.2) is 36.5 Å². The maximum Gasteiger partial charge on any atom is 0.317 e. The number of fused-ring (bicyclic) bond motifs is 1. The number of aromatic nitrogens is 1. The lowest BCUT2D eigenvalue weighted by molar-refractivity contribution is 0.200. The maximum absolute atomic E-state index is 13.6. The van der Waals surface area contributed by atoms with Gasteiger partial charge in [-0.3, -0.25) is 4.98 Å². The number of hydrogen-bond acceptors (Lipinski definition) is 2. The molecule has 1 aliphatic carbocycles. The molecule has 0 saturated carbocycles. The van der Waals surface area contributed by atoms with Gasteiger partial charge in [-0.2, -0.15) is 0 Å².